The van der Waals surface area contributed by atoms with Crippen LogP contribution in [0.25, 0.3) is 0 Å². The van der Waals surface area contributed by atoms with Crippen molar-refractivity contribution in [1.29, 1.82) is 0 Å². The number of para-hydroxylation sites is 1. The molecule has 0 N–H and O–H groups in total. The first-order valence-electron chi connectivity index (χ1n) is 19.2. The molecule has 0 atom stereocenters. The zero-order chi connectivity index (χ0) is 33.2. The van der Waals surface area contributed by atoms with Crippen LogP contribution in [0.4, 0.5) is 0 Å². The lowest BCUT2D eigenvalue weighted by atomic mass is 10.0. The largest absolute Gasteiger partial charge is 0.494 e. The fourth-order valence-electron chi connectivity index (χ4n) is 6.42. The van der Waals surface area contributed by atoms with Gasteiger partial charge < -0.3 is 9.47 Å². The maximum absolute atomic E-state index is 6.19. The van der Waals surface area contributed by atoms with Crippen LogP contribution in [-0.4, -0.2) is 13.2 Å². The Labute approximate surface area is 293 Å². The van der Waals surface area contributed by atoms with E-state index in [0.29, 0.717) is 0 Å². The van der Waals surface area contributed by atoms with E-state index in [-0.39, 0.29) is 0 Å². The number of unbranched alkanes of at least 4 members (excludes halogenated alkanes) is 13. The van der Waals surface area contributed by atoms with E-state index in [1.54, 1.807) is 0 Å². The summed E-state index contributed by atoms with van der Waals surface area (Å²) in [5.41, 5.74) is 5.66. The second-order valence-corrected chi connectivity index (χ2v) is 13.4. The molecule has 4 aromatic carbocycles. The van der Waals surface area contributed by atoms with Gasteiger partial charge in [0, 0.05) is 0 Å². The van der Waals surface area contributed by atoms with E-state index < -0.39 is 0 Å². The Balaban J connectivity index is 0.936. The third-order valence-electron chi connectivity index (χ3n) is 9.28. The van der Waals surface area contributed by atoms with Crippen molar-refractivity contribution < 1.29 is 9.47 Å². The minimum atomic E-state index is 0.818. The topological polar surface area (TPSA) is 18.5 Å². The van der Waals surface area contributed by atoms with Crippen LogP contribution < -0.4 is 9.47 Å². The molecule has 0 aliphatic heterocycles. The molecule has 48 heavy (non-hydrogen) atoms. The molecule has 0 saturated heterocycles. The van der Waals surface area contributed by atoms with Crippen LogP contribution in [0.2, 0.25) is 0 Å². The van der Waals surface area contributed by atoms with E-state index in [1.807, 2.05) is 0 Å². The smallest absolute Gasteiger partial charge is 0.122 e. The molecule has 4 aromatic rings. The summed E-state index contributed by atoms with van der Waals surface area (Å²) in [5, 5.41) is 0. The monoisotopic (exact) mass is 645 g/mol. The Morgan fingerprint density at radius 1 is 0.375 bits per heavy atom. The Bertz CT molecular complexity index is 1330. The maximum atomic E-state index is 6.19. The van der Waals surface area contributed by atoms with Crippen LogP contribution in [-0.2, 0) is 25.7 Å². The molecule has 0 bridgehead atoms. The molecular weight excluding hydrogens is 585 g/mol. The molecule has 0 aliphatic rings. The van der Waals surface area contributed by atoms with Crippen molar-refractivity contribution in [2.75, 3.05) is 13.2 Å². The average Bonchev–Trinajstić information content (AvgIpc) is 3.13. The Morgan fingerprint density at radius 3 is 1.56 bits per heavy atom. The summed E-state index contributed by atoms with van der Waals surface area (Å²) in [6.07, 6.45) is 25.8. The minimum absolute atomic E-state index is 0.818. The summed E-state index contributed by atoms with van der Waals surface area (Å²) in [6, 6.07) is 39.0. The van der Waals surface area contributed by atoms with E-state index in [1.165, 1.54) is 112 Å². The van der Waals surface area contributed by atoms with Crippen LogP contribution in [0.3, 0.4) is 0 Å². The summed E-state index contributed by atoms with van der Waals surface area (Å²) in [4.78, 5) is 0. The van der Waals surface area contributed by atoms with Gasteiger partial charge in [0.25, 0.3) is 0 Å². The highest BCUT2D eigenvalue weighted by Gasteiger charge is 2.04. The summed E-state index contributed by atoms with van der Waals surface area (Å²) >= 11 is 0. The van der Waals surface area contributed by atoms with E-state index in [0.717, 1.165) is 56.8 Å². The van der Waals surface area contributed by atoms with Gasteiger partial charge in [0.2, 0.25) is 0 Å². The van der Waals surface area contributed by atoms with Crippen LogP contribution in [0.1, 0.15) is 119 Å². The predicted octanol–water partition coefficient (Wildman–Crippen LogP) is 12.8. The Kier molecular flexibility index (Phi) is 19.1. The molecule has 0 aliphatic carbocycles. The molecule has 0 amide bonds. The summed E-state index contributed by atoms with van der Waals surface area (Å²) in [5.74, 6) is 2.12. The third-order valence-corrected chi connectivity index (χ3v) is 9.28. The molecule has 257 valence electrons. The molecule has 0 spiro atoms. The van der Waals surface area contributed by atoms with Crippen molar-refractivity contribution >= 4 is 0 Å². The number of benzene rings is 4. The summed E-state index contributed by atoms with van der Waals surface area (Å²) < 4.78 is 12.3. The van der Waals surface area contributed by atoms with E-state index >= 15 is 0 Å². The molecule has 4 rings (SSSR count). The fraction of sp³-hybridized carbons (Fsp3) is 0.457. The van der Waals surface area contributed by atoms with E-state index in [2.05, 4.69) is 116 Å². The normalized spacial score (nSPS) is 11.1. The SMILES string of the molecule is [CH](CCCCCc1cccc(OCCCCCCc2ccccc2)c1)CCCCCc1ccccc1OCCCCCc1ccccc1. The first-order chi connectivity index (χ1) is 23.9. The van der Waals surface area contributed by atoms with Crippen molar-refractivity contribution in [3.8, 4) is 11.5 Å². The number of hydrogen-bond donors (Lipinski definition) is 0. The number of aryl methyl sites for hydroxylation is 4. The van der Waals surface area contributed by atoms with Crippen LogP contribution >= 0.6 is 0 Å². The van der Waals surface area contributed by atoms with Crippen LogP contribution in [0, 0.1) is 6.42 Å². The molecule has 2 heteroatoms. The third kappa shape index (κ3) is 16.5. The first-order valence-corrected chi connectivity index (χ1v) is 19.2. The molecule has 1 radical (unpaired) electrons. The highest BCUT2D eigenvalue weighted by molar-refractivity contribution is 5.33. The standard InChI is InChI=1S/C46H61O2/c1(3-5-7-20-34-44-35-21-22-37-46(44)48-39-24-12-19-31-42-29-17-11-18-30-42)2-4-6-14-32-43-33-25-36-45(40-43)47-38-23-9-8-13-26-41-27-15-10-16-28-41/h1,10-11,15-18,21-22,25,27-30,33,35-37,40H,2-9,12-14,19-20,23-24,26,31-32,34,38-39H2. The van der Waals surface area contributed by atoms with Crippen molar-refractivity contribution in [2.45, 2.75) is 122 Å². The summed E-state index contributed by atoms with van der Waals surface area (Å²) in [7, 11) is 0. The van der Waals surface area contributed by atoms with Gasteiger partial charge in [-0.15, -0.1) is 0 Å². The van der Waals surface area contributed by atoms with Crippen molar-refractivity contribution in [1.82, 2.24) is 0 Å². The highest BCUT2D eigenvalue weighted by atomic mass is 16.5. The number of hydrogen-bond acceptors (Lipinski definition) is 2. The van der Waals surface area contributed by atoms with E-state index in [4.69, 9.17) is 9.47 Å². The first kappa shape index (κ1) is 37.3. The van der Waals surface area contributed by atoms with Gasteiger partial charge in [0.05, 0.1) is 13.2 Å². The van der Waals surface area contributed by atoms with Crippen molar-refractivity contribution in [2.24, 2.45) is 0 Å². The summed E-state index contributed by atoms with van der Waals surface area (Å²) in [6.45, 7) is 1.64. The zero-order valence-corrected chi connectivity index (χ0v) is 29.6. The number of ether oxygens (including phenoxy) is 2. The molecule has 0 fully saturated rings. The van der Waals surface area contributed by atoms with Gasteiger partial charge >= 0.3 is 0 Å². The molecule has 0 unspecified atom stereocenters. The second kappa shape index (κ2) is 24.6. The van der Waals surface area contributed by atoms with Gasteiger partial charge in [-0.1, -0.05) is 142 Å². The van der Waals surface area contributed by atoms with Crippen LogP contribution in [0.15, 0.2) is 109 Å². The average molecular weight is 646 g/mol. The lowest BCUT2D eigenvalue weighted by molar-refractivity contribution is 0.302. The Hall–Kier alpha value is -3.52. The minimum Gasteiger partial charge on any atom is -0.494 e. The lowest BCUT2D eigenvalue weighted by Gasteiger charge is -2.11. The highest BCUT2D eigenvalue weighted by Crippen LogP contribution is 2.22. The van der Waals surface area contributed by atoms with Gasteiger partial charge in [0.15, 0.2) is 0 Å². The zero-order valence-electron chi connectivity index (χ0n) is 29.6. The molecule has 0 aromatic heterocycles. The predicted molar refractivity (Wildman–Crippen MR) is 205 cm³/mol. The van der Waals surface area contributed by atoms with Gasteiger partial charge in [-0.3, -0.25) is 0 Å². The number of rotatable bonds is 27. The van der Waals surface area contributed by atoms with Crippen molar-refractivity contribution in [3.63, 3.8) is 0 Å². The second-order valence-electron chi connectivity index (χ2n) is 13.4. The molecule has 0 heterocycles. The maximum Gasteiger partial charge on any atom is 0.122 e. The fourth-order valence-corrected chi connectivity index (χ4v) is 6.42. The molecular formula is C46H61O2. The lowest BCUT2D eigenvalue weighted by Crippen LogP contribution is -2.01. The van der Waals surface area contributed by atoms with Gasteiger partial charge in [0.1, 0.15) is 11.5 Å². The van der Waals surface area contributed by atoms with E-state index in [9.17, 15) is 0 Å². The molecule has 0 saturated carbocycles. The molecule has 2 nitrogen and oxygen atoms in total. The quantitative estimate of drug-likeness (QED) is 0.0601. The van der Waals surface area contributed by atoms with Crippen LogP contribution in [0.5, 0.6) is 11.5 Å². The van der Waals surface area contributed by atoms with Crippen molar-refractivity contribution in [3.05, 3.63) is 138 Å². The van der Waals surface area contributed by atoms with Gasteiger partial charge in [-0.25, -0.2) is 0 Å². The Morgan fingerprint density at radius 2 is 0.875 bits per heavy atom. The van der Waals surface area contributed by atoms with Gasteiger partial charge in [-0.2, -0.15) is 0 Å². The van der Waals surface area contributed by atoms with Gasteiger partial charge in [-0.05, 0) is 118 Å².